The summed E-state index contributed by atoms with van der Waals surface area (Å²) in [5, 5.41) is 0. The van der Waals surface area contributed by atoms with Gasteiger partial charge >= 0.3 is 0 Å². The zero-order valence-electron chi connectivity index (χ0n) is 11.9. The second-order valence-corrected chi connectivity index (χ2v) is 6.15. The summed E-state index contributed by atoms with van der Waals surface area (Å²) in [7, 11) is 0. The number of aryl methyl sites for hydroxylation is 1. The van der Waals surface area contributed by atoms with Crippen molar-refractivity contribution < 1.29 is 9.59 Å². The van der Waals surface area contributed by atoms with E-state index < -0.39 is 0 Å². The topological polar surface area (TPSA) is 37.4 Å². The first kappa shape index (κ1) is 12.9. The molecule has 0 fully saturated rings. The van der Waals surface area contributed by atoms with Crippen LogP contribution in [0.2, 0.25) is 0 Å². The molecule has 0 aromatic heterocycles. The van der Waals surface area contributed by atoms with Crippen LogP contribution in [-0.4, -0.2) is 16.7 Å². The fraction of sp³-hybridized carbons (Fsp3) is 0.294. The highest BCUT2D eigenvalue weighted by Crippen LogP contribution is 2.33. The Kier molecular flexibility index (Phi) is 2.68. The van der Waals surface area contributed by atoms with E-state index in [1.54, 1.807) is 12.1 Å². The van der Waals surface area contributed by atoms with Gasteiger partial charge in [-0.05, 0) is 37.0 Å². The number of nitrogens with zero attached hydrogens (tertiary/aromatic N) is 1. The van der Waals surface area contributed by atoms with Gasteiger partial charge in [-0.25, -0.2) is 4.90 Å². The molecule has 0 unspecified atom stereocenters. The third-order valence-electron chi connectivity index (χ3n) is 3.84. The number of rotatable bonds is 1. The minimum absolute atomic E-state index is 0.0821. The molecule has 102 valence electrons. The molecule has 0 bridgehead atoms. The second kappa shape index (κ2) is 4.17. The number of imide groups is 1. The van der Waals surface area contributed by atoms with Crippen molar-refractivity contribution in [3.05, 3.63) is 58.8 Å². The zero-order valence-corrected chi connectivity index (χ0v) is 11.9. The Morgan fingerprint density at radius 3 is 2.45 bits per heavy atom. The lowest BCUT2D eigenvalue weighted by Gasteiger charge is -2.25. The molecular formula is C17H17NO2. The predicted molar refractivity (Wildman–Crippen MR) is 77.3 cm³/mol. The number of carbonyl (C=O) groups excluding carboxylic acids is 2. The molecule has 1 aromatic carbocycles. The Morgan fingerprint density at radius 2 is 1.80 bits per heavy atom. The molecule has 1 aliphatic heterocycles. The van der Waals surface area contributed by atoms with Crippen molar-refractivity contribution in [2.24, 2.45) is 5.41 Å². The molecule has 0 radical (unpaired) electrons. The number of benzene rings is 1. The Bertz CT molecular complexity index is 680. The van der Waals surface area contributed by atoms with Crippen LogP contribution in [0.1, 0.15) is 46.5 Å². The van der Waals surface area contributed by atoms with E-state index in [0.29, 0.717) is 16.8 Å². The Morgan fingerprint density at radius 1 is 1.10 bits per heavy atom. The smallest absolute Gasteiger partial charge is 0.266 e. The van der Waals surface area contributed by atoms with Gasteiger partial charge in [0.05, 0.1) is 11.1 Å². The van der Waals surface area contributed by atoms with Crippen molar-refractivity contribution in [2.75, 3.05) is 0 Å². The Hall–Kier alpha value is -2.16. The minimum atomic E-state index is -0.222. The molecule has 0 N–H and O–H groups in total. The average Bonchev–Trinajstić information content (AvgIpc) is 2.63. The van der Waals surface area contributed by atoms with Crippen molar-refractivity contribution in [1.82, 2.24) is 4.90 Å². The predicted octanol–water partition coefficient (Wildman–Crippen LogP) is 3.46. The van der Waals surface area contributed by atoms with Crippen LogP contribution in [-0.2, 0) is 0 Å². The van der Waals surface area contributed by atoms with Crippen LogP contribution in [0.3, 0.4) is 0 Å². The lowest BCUT2D eigenvalue weighted by molar-refractivity contribution is 0.0707. The summed E-state index contributed by atoms with van der Waals surface area (Å²) in [5.74, 6) is -0.440. The molecule has 0 saturated heterocycles. The van der Waals surface area contributed by atoms with Gasteiger partial charge in [0.15, 0.2) is 0 Å². The molecule has 3 rings (SSSR count). The van der Waals surface area contributed by atoms with Crippen molar-refractivity contribution in [2.45, 2.75) is 27.2 Å². The van der Waals surface area contributed by atoms with E-state index in [4.69, 9.17) is 0 Å². The molecule has 2 amide bonds. The van der Waals surface area contributed by atoms with Gasteiger partial charge in [-0.3, -0.25) is 9.59 Å². The summed E-state index contributed by atoms with van der Waals surface area (Å²) >= 11 is 0. The van der Waals surface area contributed by atoms with Crippen LogP contribution in [0.25, 0.3) is 0 Å². The Labute approximate surface area is 118 Å². The highest BCUT2D eigenvalue weighted by Gasteiger charge is 2.37. The maximum Gasteiger partial charge on any atom is 0.266 e. The number of hydrogen-bond acceptors (Lipinski definition) is 2. The molecule has 1 aromatic rings. The van der Waals surface area contributed by atoms with Crippen LogP contribution < -0.4 is 0 Å². The van der Waals surface area contributed by atoms with Gasteiger partial charge in [-0.2, -0.15) is 0 Å². The normalized spacial score (nSPS) is 20.1. The SMILES string of the molecule is Cc1ccc2c(c1)C(=O)N(C1=CCC(C)(C)C=C1)C2=O. The van der Waals surface area contributed by atoms with E-state index in [2.05, 4.69) is 19.9 Å². The van der Waals surface area contributed by atoms with Gasteiger partial charge in [-0.15, -0.1) is 0 Å². The highest BCUT2D eigenvalue weighted by molar-refractivity contribution is 6.22. The maximum atomic E-state index is 12.5. The summed E-state index contributed by atoms with van der Waals surface area (Å²) in [5.41, 5.74) is 2.77. The monoisotopic (exact) mass is 267 g/mol. The number of fused-ring (bicyclic) bond motifs is 1. The third-order valence-corrected chi connectivity index (χ3v) is 3.84. The van der Waals surface area contributed by atoms with Crippen LogP contribution >= 0.6 is 0 Å². The summed E-state index contributed by atoms with van der Waals surface area (Å²) in [6.07, 6.45) is 6.72. The van der Waals surface area contributed by atoms with Crippen molar-refractivity contribution in [1.29, 1.82) is 0 Å². The zero-order chi connectivity index (χ0) is 14.5. The van der Waals surface area contributed by atoms with E-state index in [0.717, 1.165) is 12.0 Å². The first-order valence-electron chi connectivity index (χ1n) is 6.78. The first-order valence-corrected chi connectivity index (χ1v) is 6.78. The van der Waals surface area contributed by atoms with Crippen molar-refractivity contribution in [3.63, 3.8) is 0 Å². The van der Waals surface area contributed by atoms with E-state index in [9.17, 15) is 9.59 Å². The molecule has 20 heavy (non-hydrogen) atoms. The molecule has 0 spiro atoms. The summed E-state index contributed by atoms with van der Waals surface area (Å²) in [4.78, 5) is 26.1. The standard InChI is InChI=1S/C17H17NO2/c1-11-4-5-13-14(10-11)16(20)18(15(13)19)12-6-8-17(2,3)9-7-12/h4-8,10H,9H2,1-3H3. The van der Waals surface area contributed by atoms with Gasteiger partial charge in [0.1, 0.15) is 0 Å². The Balaban J connectivity index is 1.99. The lowest BCUT2D eigenvalue weighted by atomic mass is 9.85. The fourth-order valence-electron chi connectivity index (χ4n) is 2.57. The van der Waals surface area contributed by atoms with Gasteiger partial charge in [0.2, 0.25) is 0 Å². The van der Waals surface area contributed by atoms with Crippen LogP contribution in [0, 0.1) is 12.3 Å². The summed E-state index contributed by atoms with van der Waals surface area (Å²) < 4.78 is 0. The quantitative estimate of drug-likeness (QED) is 0.731. The van der Waals surface area contributed by atoms with Crippen molar-refractivity contribution >= 4 is 11.8 Å². The van der Waals surface area contributed by atoms with Crippen LogP contribution in [0.4, 0.5) is 0 Å². The van der Waals surface area contributed by atoms with Crippen LogP contribution in [0.15, 0.2) is 42.1 Å². The summed E-state index contributed by atoms with van der Waals surface area (Å²) in [6, 6.07) is 5.39. The van der Waals surface area contributed by atoms with E-state index >= 15 is 0 Å². The maximum absolute atomic E-state index is 12.5. The molecule has 0 saturated carbocycles. The molecule has 3 heteroatoms. The second-order valence-electron chi connectivity index (χ2n) is 6.15. The molecular weight excluding hydrogens is 250 g/mol. The average molecular weight is 267 g/mol. The lowest BCUT2D eigenvalue weighted by Crippen LogP contribution is -2.29. The molecule has 2 aliphatic rings. The number of carbonyl (C=O) groups is 2. The van der Waals surface area contributed by atoms with E-state index in [1.165, 1.54) is 4.90 Å². The fourth-order valence-corrected chi connectivity index (χ4v) is 2.57. The largest absolute Gasteiger partial charge is 0.268 e. The molecule has 1 heterocycles. The van der Waals surface area contributed by atoms with Gasteiger partial charge in [-0.1, -0.05) is 37.6 Å². The van der Waals surface area contributed by atoms with Crippen molar-refractivity contribution in [3.8, 4) is 0 Å². The molecule has 0 atom stereocenters. The molecule has 3 nitrogen and oxygen atoms in total. The van der Waals surface area contributed by atoms with Crippen LogP contribution in [0.5, 0.6) is 0 Å². The number of amides is 2. The number of allylic oxidation sites excluding steroid dienone is 3. The van der Waals surface area contributed by atoms with Gasteiger partial charge < -0.3 is 0 Å². The first-order chi connectivity index (χ1) is 9.39. The minimum Gasteiger partial charge on any atom is -0.268 e. The number of hydrogen-bond donors (Lipinski definition) is 0. The van der Waals surface area contributed by atoms with Gasteiger partial charge in [0.25, 0.3) is 11.8 Å². The third kappa shape index (κ3) is 1.90. The van der Waals surface area contributed by atoms with E-state index in [1.807, 2.05) is 25.1 Å². The van der Waals surface area contributed by atoms with E-state index in [-0.39, 0.29) is 17.2 Å². The van der Waals surface area contributed by atoms with Gasteiger partial charge in [0, 0.05) is 5.70 Å². The summed E-state index contributed by atoms with van der Waals surface area (Å²) in [6.45, 7) is 6.17. The molecule has 1 aliphatic carbocycles. The highest BCUT2D eigenvalue weighted by atomic mass is 16.2.